The van der Waals surface area contributed by atoms with E-state index in [1.165, 1.54) is 5.56 Å². The summed E-state index contributed by atoms with van der Waals surface area (Å²) < 4.78 is 0. The number of nitrogens with one attached hydrogen (secondary N) is 2. The summed E-state index contributed by atoms with van der Waals surface area (Å²) in [4.78, 5) is 26.9. The van der Waals surface area contributed by atoms with E-state index in [4.69, 9.17) is 9.97 Å². The average Bonchev–Trinajstić information content (AvgIpc) is 3.37. The van der Waals surface area contributed by atoms with Crippen LogP contribution in [0.15, 0.2) is 102 Å². The number of aliphatic imine (C=N–C) groups is 1. The number of carbonyl (C=O) groups is 1. The maximum atomic E-state index is 12.8. The third kappa shape index (κ3) is 4.44. The Morgan fingerprint density at radius 3 is 2.56 bits per heavy atom. The van der Waals surface area contributed by atoms with Gasteiger partial charge in [-0.1, -0.05) is 60.7 Å². The van der Waals surface area contributed by atoms with Gasteiger partial charge in [-0.15, -0.1) is 0 Å². The Bertz CT molecular complexity index is 1610. The SMILES string of the molecule is O=C(Cc1ccccc1)Nc1ccccc1-c1nc(Nc2ccc3c(c2)C=NC3)c2ccccc2n1. The molecule has 6 nitrogen and oxygen atoms in total. The highest BCUT2D eigenvalue weighted by Crippen LogP contribution is 2.31. The maximum Gasteiger partial charge on any atom is 0.228 e. The highest BCUT2D eigenvalue weighted by atomic mass is 16.1. The summed E-state index contributed by atoms with van der Waals surface area (Å²) >= 11 is 0. The van der Waals surface area contributed by atoms with E-state index in [1.807, 2.05) is 91.1 Å². The first-order valence-electron chi connectivity index (χ1n) is 11.8. The van der Waals surface area contributed by atoms with Crippen molar-refractivity contribution in [2.45, 2.75) is 13.0 Å². The zero-order valence-corrected chi connectivity index (χ0v) is 19.5. The van der Waals surface area contributed by atoms with Gasteiger partial charge in [-0.2, -0.15) is 0 Å². The number of nitrogens with zero attached hydrogens (tertiary/aromatic N) is 3. The molecule has 6 heteroatoms. The van der Waals surface area contributed by atoms with Crippen molar-refractivity contribution in [3.63, 3.8) is 0 Å². The van der Waals surface area contributed by atoms with Crippen LogP contribution in [0.2, 0.25) is 0 Å². The van der Waals surface area contributed by atoms with E-state index in [2.05, 4.69) is 27.8 Å². The van der Waals surface area contributed by atoms with Gasteiger partial charge in [0.2, 0.25) is 5.91 Å². The number of para-hydroxylation sites is 2. The Balaban J connectivity index is 1.36. The first-order valence-corrected chi connectivity index (χ1v) is 11.8. The standard InChI is InChI=1S/C30H23N5O/c36-28(16-20-8-2-1-3-9-20)33-26-12-6-4-10-24(26)30-34-27-13-7-5-11-25(27)29(35-30)32-23-15-14-21-18-31-19-22(21)17-23/h1-15,17,19H,16,18H2,(H,33,36)(H,32,34,35). The molecular weight excluding hydrogens is 446 g/mol. The van der Waals surface area contributed by atoms with Gasteiger partial charge in [-0.3, -0.25) is 9.79 Å². The topological polar surface area (TPSA) is 79.3 Å². The zero-order chi connectivity index (χ0) is 24.3. The molecule has 1 aliphatic heterocycles. The van der Waals surface area contributed by atoms with Crippen LogP contribution in [-0.2, 0) is 17.8 Å². The Hall–Kier alpha value is -4.84. The van der Waals surface area contributed by atoms with Gasteiger partial charge in [0, 0.05) is 22.9 Å². The fraction of sp³-hybridized carbons (Fsp3) is 0.0667. The molecule has 0 radical (unpaired) electrons. The van der Waals surface area contributed by atoms with E-state index in [1.54, 1.807) is 0 Å². The number of fused-ring (bicyclic) bond motifs is 2. The summed E-state index contributed by atoms with van der Waals surface area (Å²) in [5.41, 5.74) is 6.47. The van der Waals surface area contributed by atoms with Gasteiger partial charge in [-0.25, -0.2) is 9.97 Å². The predicted molar refractivity (Wildman–Crippen MR) is 145 cm³/mol. The number of rotatable bonds is 6. The first kappa shape index (κ1) is 21.7. The number of amides is 1. The van der Waals surface area contributed by atoms with Crippen LogP contribution >= 0.6 is 0 Å². The minimum atomic E-state index is -0.0902. The highest BCUT2D eigenvalue weighted by molar-refractivity contribution is 5.97. The highest BCUT2D eigenvalue weighted by Gasteiger charge is 2.15. The molecule has 0 fully saturated rings. The number of carbonyl (C=O) groups excluding carboxylic acids is 1. The third-order valence-corrected chi connectivity index (χ3v) is 6.15. The molecule has 1 aliphatic rings. The van der Waals surface area contributed by atoms with Crippen molar-refractivity contribution in [2.24, 2.45) is 4.99 Å². The lowest BCUT2D eigenvalue weighted by Gasteiger charge is -2.14. The minimum Gasteiger partial charge on any atom is -0.340 e. The van der Waals surface area contributed by atoms with Crippen molar-refractivity contribution < 1.29 is 4.79 Å². The predicted octanol–water partition coefficient (Wildman–Crippen LogP) is 6.15. The molecule has 1 aromatic heterocycles. The second-order valence-electron chi connectivity index (χ2n) is 8.68. The molecular formula is C30H23N5O. The van der Waals surface area contributed by atoms with Crippen molar-refractivity contribution in [1.82, 2.24) is 9.97 Å². The average molecular weight is 470 g/mol. The lowest BCUT2D eigenvalue weighted by molar-refractivity contribution is -0.115. The third-order valence-electron chi connectivity index (χ3n) is 6.15. The molecule has 2 heterocycles. The van der Waals surface area contributed by atoms with E-state index >= 15 is 0 Å². The second-order valence-corrected chi connectivity index (χ2v) is 8.68. The summed E-state index contributed by atoms with van der Waals surface area (Å²) in [5.74, 6) is 1.15. The summed E-state index contributed by atoms with van der Waals surface area (Å²) in [6.07, 6.45) is 2.20. The normalized spacial score (nSPS) is 11.9. The maximum absolute atomic E-state index is 12.8. The molecule has 0 saturated carbocycles. The van der Waals surface area contributed by atoms with Crippen LogP contribution in [0.4, 0.5) is 17.2 Å². The van der Waals surface area contributed by atoms with Crippen LogP contribution < -0.4 is 10.6 Å². The molecule has 0 spiro atoms. The fourth-order valence-corrected chi connectivity index (χ4v) is 4.37. The molecule has 0 aliphatic carbocycles. The van der Waals surface area contributed by atoms with E-state index in [-0.39, 0.29) is 5.91 Å². The van der Waals surface area contributed by atoms with Crippen LogP contribution in [-0.4, -0.2) is 22.1 Å². The number of benzene rings is 4. The molecule has 1 amide bonds. The minimum absolute atomic E-state index is 0.0902. The quantitative estimate of drug-likeness (QED) is 0.312. The van der Waals surface area contributed by atoms with Crippen LogP contribution in [0.5, 0.6) is 0 Å². The summed E-state index contributed by atoms with van der Waals surface area (Å²) in [6.45, 7) is 0.725. The van der Waals surface area contributed by atoms with Gasteiger partial charge in [-0.05, 0) is 53.1 Å². The molecule has 0 bridgehead atoms. The first-order chi connectivity index (χ1) is 17.7. The smallest absolute Gasteiger partial charge is 0.228 e. The van der Waals surface area contributed by atoms with Crippen molar-refractivity contribution in [1.29, 1.82) is 0 Å². The molecule has 4 aromatic carbocycles. The molecule has 2 N–H and O–H groups in total. The molecule has 5 aromatic rings. The van der Waals surface area contributed by atoms with Crippen LogP contribution in [0.25, 0.3) is 22.3 Å². The summed E-state index contributed by atoms with van der Waals surface area (Å²) in [5, 5.41) is 7.45. The second kappa shape index (κ2) is 9.43. The Kier molecular flexibility index (Phi) is 5.68. The Labute approximate surface area is 208 Å². The van der Waals surface area contributed by atoms with Crippen LogP contribution in [0.3, 0.4) is 0 Å². The Morgan fingerprint density at radius 2 is 1.64 bits per heavy atom. The lowest BCUT2D eigenvalue weighted by atomic mass is 10.1. The van der Waals surface area contributed by atoms with E-state index < -0.39 is 0 Å². The molecule has 0 unspecified atom stereocenters. The number of hydrogen-bond donors (Lipinski definition) is 2. The largest absolute Gasteiger partial charge is 0.340 e. The zero-order valence-electron chi connectivity index (χ0n) is 19.5. The molecule has 174 valence electrons. The summed E-state index contributed by atoms with van der Waals surface area (Å²) in [7, 11) is 0. The molecule has 36 heavy (non-hydrogen) atoms. The van der Waals surface area contributed by atoms with Gasteiger partial charge < -0.3 is 10.6 Å². The van der Waals surface area contributed by atoms with Gasteiger partial charge in [0.05, 0.1) is 24.2 Å². The van der Waals surface area contributed by atoms with Crippen molar-refractivity contribution >= 4 is 40.2 Å². The van der Waals surface area contributed by atoms with Crippen molar-refractivity contribution in [3.8, 4) is 11.4 Å². The van der Waals surface area contributed by atoms with Gasteiger partial charge >= 0.3 is 0 Å². The lowest BCUT2D eigenvalue weighted by Crippen LogP contribution is -2.15. The van der Waals surface area contributed by atoms with Crippen molar-refractivity contribution in [2.75, 3.05) is 10.6 Å². The van der Waals surface area contributed by atoms with E-state index in [0.717, 1.165) is 39.8 Å². The van der Waals surface area contributed by atoms with Crippen LogP contribution in [0, 0.1) is 0 Å². The summed E-state index contributed by atoms with van der Waals surface area (Å²) in [6, 6.07) is 31.5. The number of hydrogen-bond acceptors (Lipinski definition) is 5. The number of aromatic nitrogens is 2. The number of anilines is 3. The van der Waals surface area contributed by atoms with Gasteiger partial charge in [0.25, 0.3) is 0 Å². The van der Waals surface area contributed by atoms with E-state index in [0.29, 0.717) is 23.8 Å². The molecule has 0 atom stereocenters. The molecule has 0 saturated heterocycles. The molecule has 6 rings (SSSR count). The Morgan fingerprint density at radius 1 is 0.833 bits per heavy atom. The fourth-order valence-electron chi connectivity index (χ4n) is 4.37. The van der Waals surface area contributed by atoms with E-state index in [9.17, 15) is 4.79 Å². The monoisotopic (exact) mass is 469 g/mol. The van der Waals surface area contributed by atoms with Crippen molar-refractivity contribution in [3.05, 3.63) is 114 Å². The van der Waals surface area contributed by atoms with Gasteiger partial charge in [0.15, 0.2) is 5.82 Å². The van der Waals surface area contributed by atoms with Gasteiger partial charge in [0.1, 0.15) is 5.82 Å². The van der Waals surface area contributed by atoms with Crippen LogP contribution in [0.1, 0.15) is 16.7 Å².